The third-order valence-corrected chi connectivity index (χ3v) is 8.01. The summed E-state index contributed by atoms with van der Waals surface area (Å²) in [5.41, 5.74) is 1.34. The quantitative estimate of drug-likeness (QED) is 0.256. The van der Waals surface area contributed by atoms with Crippen LogP contribution in [0.2, 0.25) is 0 Å². The number of rotatable bonds is 12. The van der Waals surface area contributed by atoms with Crippen molar-refractivity contribution in [1.82, 2.24) is 9.80 Å². The molecule has 0 heterocycles. The lowest BCUT2D eigenvalue weighted by molar-refractivity contribution is -0.115. The number of carbonyl (C=O) groups excluding carboxylic acids is 2. The van der Waals surface area contributed by atoms with E-state index in [0.29, 0.717) is 11.4 Å². The monoisotopic (exact) mass is 564 g/mol. The van der Waals surface area contributed by atoms with E-state index in [1.165, 1.54) is 0 Å². The molecular formula is C26H30Cl2N4O2S2. The molecule has 36 heavy (non-hydrogen) atoms. The first-order valence-corrected chi connectivity index (χ1v) is 14.1. The number of ketones is 2. The smallest absolute Gasteiger partial charge is 0.224 e. The molecule has 0 spiro atoms. The van der Waals surface area contributed by atoms with Crippen molar-refractivity contribution in [1.29, 1.82) is 0 Å². The number of para-hydroxylation sites is 2. The number of benzene rings is 2. The van der Waals surface area contributed by atoms with Crippen LogP contribution in [-0.2, 0) is 9.59 Å². The maximum Gasteiger partial charge on any atom is 0.224 e. The average Bonchev–Trinajstić information content (AvgIpc) is 2.84. The highest BCUT2D eigenvalue weighted by atomic mass is 35.5. The molecule has 0 unspecified atom stereocenters. The number of thioether (sulfide) groups is 2. The first-order valence-electron chi connectivity index (χ1n) is 11.3. The van der Waals surface area contributed by atoms with Crippen LogP contribution in [0, 0.1) is 0 Å². The molecule has 0 fully saturated rings. The number of nitrogens with zero attached hydrogens (tertiary/aromatic N) is 2. The van der Waals surface area contributed by atoms with Gasteiger partial charge in [-0.3, -0.25) is 9.59 Å². The maximum atomic E-state index is 13.2. The van der Waals surface area contributed by atoms with E-state index in [9.17, 15) is 9.59 Å². The summed E-state index contributed by atoms with van der Waals surface area (Å²) in [6, 6.07) is 15.2. The zero-order valence-electron chi connectivity index (χ0n) is 20.7. The van der Waals surface area contributed by atoms with Crippen LogP contribution in [0.4, 0.5) is 11.4 Å². The molecule has 0 saturated carbocycles. The van der Waals surface area contributed by atoms with Gasteiger partial charge < -0.3 is 20.4 Å². The van der Waals surface area contributed by atoms with Crippen LogP contribution in [-0.4, -0.2) is 74.2 Å². The summed E-state index contributed by atoms with van der Waals surface area (Å²) >= 11 is 16.2. The van der Waals surface area contributed by atoms with Crippen LogP contribution < -0.4 is 10.6 Å². The van der Waals surface area contributed by atoms with Crippen molar-refractivity contribution in [3.05, 3.63) is 70.0 Å². The summed E-state index contributed by atoms with van der Waals surface area (Å²) in [6.45, 7) is 1.80. The van der Waals surface area contributed by atoms with Crippen LogP contribution in [0.25, 0.3) is 0 Å². The van der Waals surface area contributed by atoms with Gasteiger partial charge in [0, 0.05) is 34.4 Å². The zero-order valence-corrected chi connectivity index (χ0v) is 23.9. The summed E-state index contributed by atoms with van der Waals surface area (Å²) in [6.07, 6.45) is 0. The number of hydrogen-bond donors (Lipinski definition) is 2. The summed E-state index contributed by atoms with van der Waals surface area (Å²) in [5.74, 6) is 0.669. The fraction of sp³-hybridized carbons (Fsp3) is 0.308. The minimum atomic E-state index is -0.533. The molecule has 1 aliphatic rings. The number of anilines is 2. The van der Waals surface area contributed by atoms with Crippen LogP contribution >= 0.6 is 46.7 Å². The van der Waals surface area contributed by atoms with E-state index in [1.807, 2.05) is 76.7 Å². The van der Waals surface area contributed by atoms with Crippen molar-refractivity contribution in [2.75, 3.05) is 63.4 Å². The molecule has 0 atom stereocenters. The van der Waals surface area contributed by atoms with Crippen LogP contribution in [0.15, 0.2) is 79.8 Å². The van der Waals surface area contributed by atoms with Gasteiger partial charge in [0.2, 0.25) is 11.6 Å². The van der Waals surface area contributed by atoms with Gasteiger partial charge in [0.25, 0.3) is 0 Å². The highest BCUT2D eigenvalue weighted by Gasteiger charge is 2.34. The molecule has 3 rings (SSSR count). The zero-order chi connectivity index (χ0) is 26.2. The highest BCUT2D eigenvalue weighted by Crippen LogP contribution is 2.35. The Labute approximate surface area is 231 Å². The summed E-state index contributed by atoms with van der Waals surface area (Å²) < 4.78 is 0. The van der Waals surface area contributed by atoms with Gasteiger partial charge in [-0.25, -0.2) is 0 Å². The summed E-state index contributed by atoms with van der Waals surface area (Å²) in [7, 11) is 8.07. The number of Topliss-reactive ketones (excluding diaryl/α,β-unsaturated/α-hetero) is 2. The van der Waals surface area contributed by atoms with E-state index < -0.39 is 11.6 Å². The maximum absolute atomic E-state index is 13.2. The normalized spacial score (nSPS) is 14.3. The van der Waals surface area contributed by atoms with E-state index in [4.69, 9.17) is 23.2 Å². The van der Waals surface area contributed by atoms with E-state index in [-0.39, 0.29) is 21.5 Å². The Balaban J connectivity index is 1.80. The Hall–Kier alpha value is -1.94. The minimum absolute atomic E-state index is 0.0217. The lowest BCUT2D eigenvalue weighted by Gasteiger charge is -2.22. The Morgan fingerprint density at radius 2 is 1.03 bits per heavy atom. The standard InChI is InChI=1S/C26H30Cl2N4O2S2/c1-31(2)13-15-35-19-11-7-5-9-17(19)29-23-21(27)26(34)24(22(28)25(23)33)30-18-10-6-8-12-20(18)36-16-14-32(3)4/h5-12,29-30H,13-16H2,1-4H3. The topological polar surface area (TPSA) is 64.7 Å². The second kappa shape index (κ2) is 13.6. The SMILES string of the molecule is CN(C)CCSc1ccccc1NC1=C(Cl)C(=O)C(Nc2ccccc2SCCN(C)C)=C(Cl)C1=O. The number of halogens is 2. The first kappa shape index (κ1) is 28.6. The molecule has 1 aliphatic carbocycles. The molecule has 2 N–H and O–H groups in total. The van der Waals surface area contributed by atoms with Gasteiger partial charge in [-0.1, -0.05) is 47.5 Å². The molecule has 2 aromatic rings. The number of allylic oxidation sites excluding steroid dienone is 2. The Morgan fingerprint density at radius 3 is 1.39 bits per heavy atom. The van der Waals surface area contributed by atoms with E-state index in [0.717, 1.165) is 34.4 Å². The van der Waals surface area contributed by atoms with Gasteiger partial charge in [-0.05, 0) is 52.5 Å². The van der Waals surface area contributed by atoms with Gasteiger partial charge >= 0.3 is 0 Å². The van der Waals surface area contributed by atoms with E-state index in [1.54, 1.807) is 23.5 Å². The lowest BCUT2D eigenvalue weighted by Crippen LogP contribution is -2.27. The molecule has 192 valence electrons. The first-order chi connectivity index (χ1) is 17.2. The third kappa shape index (κ3) is 7.54. The number of nitrogens with one attached hydrogen (secondary N) is 2. The van der Waals surface area contributed by atoms with Gasteiger partial charge in [0.1, 0.15) is 21.5 Å². The number of hydrogen-bond acceptors (Lipinski definition) is 8. The second-order valence-corrected chi connectivity index (χ2v) is 11.6. The summed E-state index contributed by atoms with van der Waals surface area (Å²) in [4.78, 5) is 32.5. The Morgan fingerprint density at radius 1 is 0.667 bits per heavy atom. The molecule has 0 amide bonds. The van der Waals surface area contributed by atoms with Gasteiger partial charge in [0.15, 0.2) is 0 Å². The van der Waals surface area contributed by atoms with Crippen molar-refractivity contribution < 1.29 is 9.59 Å². The average molecular weight is 566 g/mol. The van der Waals surface area contributed by atoms with Crippen LogP contribution in [0.1, 0.15) is 0 Å². The van der Waals surface area contributed by atoms with E-state index >= 15 is 0 Å². The Kier molecular flexibility index (Phi) is 10.8. The van der Waals surface area contributed by atoms with E-state index in [2.05, 4.69) is 20.4 Å². The van der Waals surface area contributed by atoms with Crippen LogP contribution in [0.3, 0.4) is 0 Å². The lowest BCUT2D eigenvalue weighted by atomic mass is 10.0. The third-order valence-electron chi connectivity index (χ3n) is 5.18. The highest BCUT2D eigenvalue weighted by molar-refractivity contribution is 7.99. The fourth-order valence-corrected chi connectivity index (χ4v) is 5.91. The largest absolute Gasteiger partial charge is 0.350 e. The van der Waals surface area contributed by atoms with Crippen molar-refractivity contribution in [2.24, 2.45) is 0 Å². The molecule has 0 bridgehead atoms. The molecule has 0 aromatic heterocycles. The predicted octanol–water partition coefficient (Wildman–Crippen LogP) is 5.57. The van der Waals surface area contributed by atoms with Crippen molar-refractivity contribution in [3.63, 3.8) is 0 Å². The molecular weight excluding hydrogens is 535 g/mol. The molecule has 10 heteroatoms. The van der Waals surface area contributed by atoms with Gasteiger partial charge in [0.05, 0.1) is 11.4 Å². The Bertz CT molecular complexity index is 1090. The van der Waals surface area contributed by atoms with Gasteiger partial charge in [-0.2, -0.15) is 0 Å². The molecule has 6 nitrogen and oxygen atoms in total. The minimum Gasteiger partial charge on any atom is -0.350 e. The fourth-order valence-electron chi connectivity index (χ4n) is 3.21. The summed E-state index contributed by atoms with van der Waals surface area (Å²) in [5, 5.41) is 5.75. The molecule has 0 saturated heterocycles. The van der Waals surface area contributed by atoms with Crippen molar-refractivity contribution in [3.8, 4) is 0 Å². The van der Waals surface area contributed by atoms with Crippen LogP contribution in [0.5, 0.6) is 0 Å². The molecule has 2 aromatic carbocycles. The van der Waals surface area contributed by atoms with Crippen molar-refractivity contribution in [2.45, 2.75) is 9.79 Å². The molecule has 0 radical (unpaired) electrons. The van der Waals surface area contributed by atoms with Crippen molar-refractivity contribution >= 4 is 69.7 Å². The number of carbonyl (C=O) groups is 2. The predicted molar refractivity (Wildman–Crippen MR) is 154 cm³/mol. The van der Waals surface area contributed by atoms with Gasteiger partial charge in [-0.15, -0.1) is 23.5 Å². The second-order valence-electron chi connectivity index (χ2n) is 8.58. The molecule has 0 aliphatic heterocycles.